The third-order valence-electron chi connectivity index (χ3n) is 5.11. The second-order valence-corrected chi connectivity index (χ2v) is 8.46. The molecule has 0 aliphatic carbocycles. The van der Waals surface area contributed by atoms with Crippen LogP contribution in [-0.2, 0) is 6.42 Å². The van der Waals surface area contributed by atoms with Crippen LogP contribution in [0.1, 0.15) is 21.8 Å². The van der Waals surface area contributed by atoms with Gasteiger partial charge in [0.1, 0.15) is 5.69 Å². The molecule has 0 aliphatic heterocycles. The summed E-state index contributed by atoms with van der Waals surface area (Å²) in [7, 11) is 0. The zero-order valence-corrected chi connectivity index (χ0v) is 18.1. The van der Waals surface area contributed by atoms with Gasteiger partial charge in [-0.25, -0.2) is 9.67 Å². The predicted molar refractivity (Wildman–Crippen MR) is 127 cm³/mol. The van der Waals surface area contributed by atoms with Crippen LogP contribution < -0.4 is 5.32 Å². The summed E-state index contributed by atoms with van der Waals surface area (Å²) in [5, 5.41) is 8.81. The van der Waals surface area contributed by atoms with Gasteiger partial charge in [0.05, 0.1) is 26.5 Å². The number of amides is 1. The highest BCUT2D eigenvalue weighted by Crippen LogP contribution is 2.24. The van der Waals surface area contributed by atoms with Crippen molar-refractivity contribution in [3.63, 3.8) is 0 Å². The monoisotopic (exact) mass is 439 g/mol. The Bertz CT molecular complexity index is 1310. The number of benzene rings is 2. The summed E-state index contributed by atoms with van der Waals surface area (Å²) in [6.45, 7) is 0.567. The van der Waals surface area contributed by atoms with Gasteiger partial charge < -0.3 is 5.32 Å². The Kier molecular flexibility index (Phi) is 5.72. The van der Waals surface area contributed by atoms with Gasteiger partial charge in [0.15, 0.2) is 0 Å². The topological polar surface area (TPSA) is 72.7 Å². The van der Waals surface area contributed by atoms with E-state index in [-0.39, 0.29) is 5.91 Å². The van der Waals surface area contributed by atoms with Crippen molar-refractivity contribution in [2.75, 3.05) is 6.54 Å². The number of nitrogens with zero attached hydrogens (tertiary/aromatic N) is 4. The van der Waals surface area contributed by atoms with Gasteiger partial charge in [0, 0.05) is 37.1 Å². The smallest absolute Gasteiger partial charge is 0.255 e. The zero-order chi connectivity index (χ0) is 21.8. The van der Waals surface area contributed by atoms with E-state index in [1.807, 2.05) is 60.7 Å². The summed E-state index contributed by atoms with van der Waals surface area (Å²) in [5.41, 5.74) is 3.88. The Balaban J connectivity index is 1.30. The van der Waals surface area contributed by atoms with Gasteiger partial charge in [-0.1, -0.05) is 30.3 Å². The molecule has 0 aliphatic rings. The van der Waals surface area contributed by atoms with E-state index in [0.717, 1.165) is 34.6 Å². The molecule has 3 aromatic heterocycles. The first-order valence-corrected chi connectivity index (χ1v) is 11.3. The van der Waals surface area contributed by atoms with Crippen molar-refractivity contribution in [2.45, 2.75) is 12.8 Å². The Morgan fingerprint density at radius 2 is 1.84 bits per heavy atom. The number of pyridine rings is 1. The van der Waals surface area contributed by atoms with E-state index in [9.17, 15) is 4.79 Å². The molecule has 0 radical (unpaired) electrons. The maximum Gasteiger partial charge on any atom is 0.255 e. The van der Waals surface area contributed by atoms with E-state index in [2.05, 4.69) is 26.4 Å². The Morgan fingerprint density at radius 1 is 1.00 bits per heavy atom. The van der Waals surface area contributed by atoms with E-state index < -0.39 is 0 Å². The minimum Gasteiger partial charge on any atom is -0.352 e. The highest BCUT2D eigenvalue weighted by Gasteiger charge is 2.18. The molecule has 7 heteroatoms. The molecule has 1 amide bonds. The lowest BCUT2D eigenvalue weighted by Crippen LogP contribution is -2.25. The Morgan fingerprint density at radius 3 is 2.66 bits per heavy atom. The van der Waals surface area contributed by atoms with Gasteiger partial charge in [-0.2, -0.15) is 5.10 Å². The van der Waals surface area contributed by atoms with Gasteiger partial charge in [-0.05, 0) is 42.8 Å². The molecular weight excluding hydrogens is 418 g/mol. The van der Waals surface area contributed by atoms with E-state index in [0.29, 0.717) is 17.8 Å². The third kappa shape index (κ3) is 4.29. The minimum absolute atomic E-state index is 0.143. The number of hydrogen-bond donors (Lipinski definition) is 1. The lowest BCUT2D eigenvalue weighted by molar-refractivity contribution is 0.0954. The van der Waals surface area contributed by atoms with Gasteiger partial charge >= 0.3 is 0 Å². The van der Waals surface area contributed by atoms with Crippen LogP contribution in [0.15, 0.2) is 85.3 Å². The lowest BCUT2D eigenvalue weighted by atomic mass is 10.1. The quantitative estimate of drug-likeness (QED) is 0.366. The molecular formula is C25H21N5OS. The number of rotatable bonds is 7. The largest absolute Gasteiger partial charge is 0.352 e. The molecule has 2 aromatic carbocycles. The lowest BCUT2D eigenvalue weighted by Gasteiger charge is -2.04. The van der Waals surface area contributed by atoms with Crippen molar-refractivity contribution < 1.29 is 4.79 Å². The highest BCUT2D eigenvalue weighted by molar-refractivity contribution is 7.18. The van der Waals surface area contributed by atoms with Crippen LogP contribution in [0, 0.1) is 0 Å². The summed E-state index contributed by atoms with van der Waals surface area (Å²) in [4.78, 5) is 21.9. The van der Waals surface area contributed by atoms with Crippen molar-refractivity contribution in [1.29, 1.82) is 0 Å². The first-order chi connectivity index (χ1) is 15.8. The number of nitrogens with one attached hydrogen (secondary N) is 1. The van der Waals surface area contributed by atoms with Crippen LogP contribution in [0.4, 0.5) is 0 Å². The molecule has 0 atom stereocenters. The maximum atomic E-state index is 13.0. The summed E-state index contributed by atoms with van der Waals surface area (Å²) in [6.07, 6.45) is 6.86. The number of hydrogen-bond acceptors (Lipinski definition) is 5. The number of carbonyl (C=O) groups excluding carboxylic acids is 1. The van der Waals surface area contributed by atoms with Crippen LogP contribution >= 0.6 is 11.3 Å². The number of aryl methyl sites for hydroxylation is 1. The highest BCUT2D eigenvalue weighted by atomic mass is 32.1. The fourth-order valence-electron chi connectivity index (χ4n) is 3.53. The van der Waals surface area contributed by atoms with Gasteiger partial charge in [-0.15, -0.1) is 11.3 Å². The van der Waals surface area contributed by atoms with E-state index in [1.54, 1.807) is 34.6 Å². The normalized spacial score (nSPS) is 11.0. The van der Waals surface area contributed by atoms with Gasteiger partial charge in [0.25, 0.3) is 5.91 Å². The standard InChI is InChI=1S/C25H21N5OS/c31-25(27-15-7-13-23-28-21-11-4-5-12-22(21)32-23)20-17-30(19-9-2-1-3-10-19)29-24(20)18-8-6-14-26-16-18/h1-6,8-12,14,16-17H,7,13,15H2,(H,27,31). The van der Waals surface area contributed by atoms with Crippen molar-refractivity contribution >= 4 is 27.5 Å². The molecule has 3 heterocycles. The second kappa shape index (κ2) is 9.11. The first-order valence-electron chi connectivity index (χ1n) is 10.5. The molecule has 5 rings (SSSR count). The van der Waals surface area contributed by atoms with E-state index in [4.69, 9.17) is 0 Å². The number of thiazole rings is 1. The third-order valence-corrected chi connectivity index (χ3v) is 6.20. The average Bonchev–Trinajstić information content (AvgIpc) is 3.47. The minimum atomic E-state index is -0.143. The number of para-hydroxylation sites is 2. The first kappa shape index (κ1) is 20.1. The van der Waals surface area contributed by atoms with Crippen LogP contribution in [0.2, 0.25) is 0 Å². The Labute approximate surface area is 189 Å². The predicted octanol–water partition coefficient (Wildman–Crippen LogP) is 4.91. The molecule has 0 unspecified atom stereocenters. The van der Waals surface area contributed by atoms with Gasteiger partial charge in [-0.3, -0.25) is 9.78 Å². The van der Waals surface area contributed by atoms with Crippen LogP contribution in [0.25, 0.3) is 27.2 Å². The van der Waals surface area contributed by atoms with Crippen molar-refractivity contribution in [1.82, 2.24) is 25.1 Å². The summed E-state index contributed by atoms with van der Waals surface area (Å²) < 4.78 is 2.93. The fourth-order valence-corrected chi connectivity index (χ4v) is 4.54. The van der Waals surface area contributed by atoms with Crippen LogP contribution in [0.5, 0.6) is 0 Å². The number of fused-ring (bicyclic) bond motifs is 1. The van der Waals surface area contributed by atoms with Gasteiger partial charge in [0.2, 0.25) is 0 Å². The molecule has 1 N–H and O–H groups in total. The van der Waals surface area contributed by atoms with E-state index >= 15 is 0 Å². The van der Waals surface area contributed by atoms with E-state index in [1.165, 1.54) is 4.70 Å². The summed E-state index contributed by atoms with van der Waals surface area (Å²) in [6, 6.07) is 21.7. The molecule has 5 aromatic rings. The Hall–Kier alpha value is -3.84. The molecule has 0 fully saturated rings. The van der Waals surface area contributed by atoms with Crippen LogP contribution in [-0.4, -0.2) is 32.2 Å². The molecule has 6 nitrogen and oxygen atoms in total. The fraction of sp³-hybridized carbons (Fsp3) is 0.120. The molecule has 0 saturated carbocycles. The van der Waals surface area contributed by atoms with Crippen molar-refractivity contribution in [3.05, 3.63) is 95.9 Å². The zero-order valence-electron chi connectivity index (χ0n) is 17.3. The van der Waals surface area contributed by atoms with Crippen molar-refractivity contribution in [3.8, 4) is 16.9 Å². The van der Waals surface area contributed by atoms with Crippen LogP contribution in [0.3, 0.4) is 0 Å². The van der Waals surface area contributed by atoms with Crippen molar-refractivity contribution in [2.24, 2.45) is 0 Å². The molecule has 0 saturated heterocycles. The molecule has 0 bridgehead atoms. The second-order valence-electron chi connectivity index (χ2n) is 7.35. The molecule has 32 heavy (non-hydrogen) atoms. The molecule has 0 spiro atoms. The SMILES string of the molecule is O=C(NCCCc1nc2ccccc2s1)c1cn(-c2ccccc2)nc1-c1cccnc1. The summed E-state index contributed by atoms with van der Waals surface area (Å²) >= 11 is 1.71. The number of carbonyl (C=O) groups is 1. The number of aromatic nitrogens is 4. The summed E-state index contributed by atoms with van der Waals surface area (Å²) in [5.74, 6) is -0.143. The molecule has 158 valence electrons. The average molecular weight is 440 g/mol. The maximum absolute atomic E-state index is 13.0.